The van der Waals surface area contributed by atoms with Crippen LogP contribution in [0.15, 0.2) is 0 Å². The molecule has 1 aliphatic rings. The van der Waals surface area contributed by atoms with Crippen molar-refractivity contribution in [1.29, 1.82) is 0 Å². The molecule has 0 N–H and O–H groups in total. The van der Waals surface area contributed by atoms with Crippen LogP contribution in [0, 0.1) is 5.41 Å². The Hall–Kier alpha value is 0.740. The summed E-state index contributed by atoms with van der Waals surface area (Å²) in [4.78, 5) is 0. The van der Waals surface area contributed by atoms with E-state index in [4.69, 9.17) is 34.8 Å². The van der Waals surface area contributed by atoms with Crippen molar-refractivity contribution >= 4 is 45.1 Å². The SMILES string of the molecule is CC(C)(C)C1CN1S(=O)(=O)OCC(Cl)(Cl)Cl. The first-order chi connectivity index (χ1) is 6.93. The Balaban J connectivity index is 2.56. The molecule has 8 heteroatoms. The maximum absolute atomic E-state index is 11.6. The van der Waals surface area contributed by atoms with Crippen molar-refractivity contribution in [2.45, 2.75) is 30.6 Å². The van der Waals surface area contributed by atoms with E-state index >= 15 is 0 Å². The molecule has 0 bridgehead atoms. The van der Waals surface area contributed by atoms with E-state index in [0.29, 0.717) is 6.54 Å². The molecule has 1 saturated heterocycles. The zero-order valence-electron chi connectivity index (χ0n) is 9.21. The van der Waals surface area contributed by atoms with Gasteiger partial charge in [-0.25, -0.2) is 0 Å². The van der Waals surface area contributed by atoms with Gasteiger partial charge in [0.1, 0.15) is 6.61 Å². The molecule has 4 nitrogen and oxygen atoms in total. The van der Waals surface area contributed by atoms with Crippen molar-refractivity contribution in [3.8, 4) is 0 Å². The van der Waals surface area contributed by atoms with E-state index in [-0.39, 0.29) is 11.5 Å². The molecule has 1 rings (SSSR count). The molecule has 1 aliphatic heterocycles. The molecule has 1 fully saturated rings. The molecule has 96 valence electrons. The maximum atomic E-state index is 11.6. The number of rotatable bonds is 3. The number of halogens is 3. The Bertz CT molecular complexity index is 358. The molecular weight excluding hydrogens is 297 g/mol. The van der Waals surface area contributed by atoms with Crippen LogP contribution in [0.25, 0.3) is 0 Å². The van der Waals surface area contributed by atoms with Crippen LogP contribution in [0.4, 0.5) is 0 Å². The summed E-state index contributed by atoms with van der Waals surface area (Å²) in [6.45, 7) is 5.85. The van der Waals surface area contributed by atoms with Gasteiger partial charge in [0.25, 0.3) is 0 Å². The average Bonchev–Trinajstić information content (AvgIpc) is 2.76. The molecule has 0 spiro atoms. The van der Waals surface area contributed by atoms with Crippen molar-refractivity contribution in [3.05, 3.63) is 0 Å². The lowest BCUT2D eigenvalue weighted by Gasteiger charge is -2.18. The third-order valence-electron chi connectivity index (χ3n) is 2.23. The van der Waals surface area contributed by atoms with E-state index in [2.05, 4.69) is 4.18 Å². The molecular formula is C8H14Cl3NO3S. The summed E-state index contributed by atoms with van der Waals surface area (Å²) in [5.41, 5.74) is -0.115. The van der Waals surface area contributed by atoms with Crippen LogP contribution in [0.2, 0.25) is 0 Å². The second kappa shape index (κ2) is 4.44. The first-order valence-corrected chi connectivity index (χ1v) is 7.16. The molecule has 0 amide bonds. The number of hydrogen-bond acceptors (Lipinski definition) is 3. The third kappa shape index (κ3) is 4.20. The lowest BCUT2D eigenvalue weighted by Crippen LogP contribution is -2.27. The number of hydrogen-bond donors (Lipinski definition) is 0. The highest BCUT2D eigenvalue weighted by Crippen LogP contribution is 2.38. The van der Waals surface area contributed by atoms with E-state index in [0.717, 1.165) is 0 Å². The van der Waals surface area contributed by atoms with E-state index in [9.17, 15) is 8.42 Å². The van der Waals surface area contributed by atoms with Gasteiger partial charge in [0.15, 0.2) is 0 Å². The molecule has 0 aliphatic carbocycles. The highest BCUT2D eigenvalue weighted by Gasteiger charge is 2.51. The molecule has 2 unspecified atom stereocenters. The fraction of sp³-hybridized carbons (Fsp3) is 1.00. The van der Waals surface area contributed by atoms with Crippen LogP contribution in [0.1, 0.15) is 20.8 Å². The van der Waals surface area contributed by atoms with Crippen LogP contribution in [0.5, 0.6) is 0 Å². The smallest absolute Gasteiger partial charge is 0.253 e. The van der Waals surface area contributed by atoms with Gasteiger partial charge >= 0.3 is 10.3 Å². The predicted molar refractivity (Wildman–Crippen MR) is 65.1 cm³/mol. The normalized spacial score (nSPS) is 26.9. The second-order valence-corrected chi connectivity index (χ2v) is 8.86. The zero-order valence-corrected chi connectivity index (χ0v) is 12.3. The van der Waals surface area contributed by atoms with Gasteiger partial charge in [-0.1, -0.05) is 55.6 Å². The molecule has 0 saturated carbocycles. The summed E-state index contributed by atoms with van der Waals surface area (Å²) < 4.78 is 27.4. The van der Waals surface area contributed by atoms with Crippen LogP contribution in [-0.4, -0.2) is 35.7 Å². The Morgan fingerprint density at radius 3 is 2.12 bits per heavy atom. The van der Waals surface area contributed by atoms with Gasteiger partial charge in [-0.3, -0.25) is 4.18 Å². The van der Waals surface area contributed by atoms with E-state index in [1.807, 2.05) is 20.8 Å². The molecule has 16 heavy (non-hydrogen) atoms. The third-order valence-corrected chi connectivity index (χ3v) is 3.95. The lowest BCUT2D eigenvalue weighted by molar-refractivity contribution is 0.290. The average molecular weight is 311 g/mol. The summed E-state index contributed by atoms with van der Waals surface area (Å²) in [5.74, 6) is 0. The van der Waals surface area contributed by atoms with Gasteiger partial charge in [0.2, 0.25) is 3.79 Å². The first kappa shape index (κ1) is 14.8. The standard InChI is InChI=1S/C8H14Cl3NO3S/c1-7(2,3)6-4-12(6)16(13,14)15-5-8(9,10)11/h6H,4-5H2,1-3H3. The maximum Gasteiger partial charge on any atom is 0.338 e. The fourth-order valence-corrected chi connectivity index (χ4v) is 3.06. The van der Waals surface area contributed by atoms with Crippen LogP contribution >= 0.6 is 34.8 Å². The quantitative estimate of drug-likeness (QED) is 0.594. The Morgan fingerprint density at radius 1 is 1.31 bits per heavy atom. The van der Waals surface area contributed by atoms with Gasteiger partial charge in [-0.2, -0.15) is 12.7 Å². The number of nitrogens with zero attached hydrogens (tertiary/aromatic N) is 1. The Kier molecular flexibility index (Phi) is 4.11. The van der Waals surface area contributed by atoms with Gasteiger partial charge in [0.05, 0.1) is 0 Å². The first-order valence-electron chi connectivity index (χ1n) is 4.66. The minimum Gasteiger partial charge on any atom is -0.253 e. The fourth-order valence-electron chi connectivity index (χ4n) is 1.29. The summed E-state index contributed by atoms with van der Waals surface area (Å²) in [5, 5.41) is 0. The molecule has 2 atom stereocenters. The zero-order chi connectivity index (χ0) is 12.8. The van der Waals surface area contributed by atoms with Gasteiger partial charge in [-0.05, 0) is 5.41 Å². The molecule has 0 radical (unpaired) electrons. The summed E-state index contributed by atoms with van der Waals surface area (Å²) in [6, 6.07) is -0.0483. The molecule has 0 aromatic rings. The highest BCUT2D eigenvalue weighted by atomic mass is 35.6. The predicted octanol–water partition coefficient (Wildman–Crippen LogP) is 2.35. The molecule has 0 aromatic carbocycles. The van der Waals surface area contributed by atoms with Crippen molar-refractivity contribution in [2.24, 2.45) is 5.41 Å². The Morgan fingerprint density at radius 2 is 1.81 bits per heavy atom. The van der Waals surface area contributed by atoms with Gasteiger partial charge in [-0.15, -0.1) is 0 Å². The largest absolute Gasteiger partial charge is 0.338 e. The van der Waals surface area contributed by atoms with Gasteiger partial charge in [0, 0.05) is 12.6 Å². The summed E-state index contributed by atoms with van der Waals surface area (Å²) >= 11 is 16.2. The monoisotopic (exact) mass is 309 g/mol. The molecule has 0 aromatic heterocycles. The van der Waals surface area contributed by atoms with Crippen molar-refractivity contribution < 1.29 is 12.6 Å². The summed E-state index contributed by atoms with van der Waals surface area (Å²) in [6.07, 6.45) is 0. The van der Waals surface area contributed by atoms with E-state index in [1.54, 1.807) is 0 Å². The van der Waals surface area contributed by atoms with Crippen LogP contribution < -0.4 is 0 Å². The lowest BCUT2D eigenvalue weighted by atomic mass is 9.92. The van der Waals surface area contributed by atoms with Crippen LogP contribution in [-0.2, 0) is 14.5 Å². The second-order valence-electron chi connectivity index (χ2n) is 4.79. The van der Waals surface area contributed by atoms with Gasteiger partial charge < -0.3 is 0 Å². The van der Waals surface area contributed by atoms with Crippen molar-refractivity contribution in [3.63, 3.8) is 0 Å². The Labute approximate surface area is 111 Å². The minimum atomic E-state index is -3.77. The molecule has 1 heterocycles. The topological polar surface area (TPSA) is 46.4 Å². The minimum absolute atomic E-state index is 0.0483. The van der Waals surface area contributed by atoms with Crippen molar-refractivity contribution in [2.75, 3.05) is 13.2 Å². The van der Waals surface area contributed by atoms with E-state index in [1.165, 1.54) is 4.31 Å². The summed E-state index contributed by atoms with van der Waals surface area (Å²) in [7, 11) is -3.77. The van der Waals surface area contributed by atoms with Crippen molar-refractivity contribution in [1.82, 2.24) is 4.31 Å². The van der Waals surface area contributed by atoms with Crippen LogP contribution in [0.3, 0.4) is 0 Å². The van der Waals surface area contributed by atoms with E-state index < -0.39 is 20.7 Å². The highest BCUT2D eigenvalue weighted by molar-refractivity contribution is 7.84. The number of alkyl halides is 3.